The van der Waals surface area contributed by atoms with Gasteiger partial charge < -0.3 is 10.4 Å². The van der Waals surface area contributed by atoms with Crippen LogP contribution in [0.4, 0.5) is 17.6 Å². The zero-order chi connectivity index (χ0) is 24.4. The van der Waals surface area contributed by atoms with Crippen LogP contribution in [-0.2, 0) is 17.6 Å². The number of aliphatic hydroxyl groups is 1. The first-order chi connectivity index (χ1) is 16.1. The molecule has 2 aromatic carbocycles. The van der Waals surface area contributed by atoms with Crippen LogP contribution in [0, 0.1) is 17.0 Å². The summed E-state index contributed by atoms with van der Waals surface area (Å²) in [5.74, 6) is -6.25. The van der Waals surface area contributed by atoms with Crippen molar-refractivity contribution in [2.24, 2.45) is 5.41 Å². The van der Waals surface area contributed by atoms with Gasteiger partial charge in [-0.1, -0.05) is 12.1 Å². The zero-order valence-corrected chi connectivity index (χ0v) is 18.1. The van der Waals surface area contributed by atoms with Crippen LogP contribution < -0.4 is 5.32 Å². The molecule has 11 heteroatoms. The van der Waals surface area contributed by atoms with E-state index in [1.807, 2.05) is 0 Å². The summed E-state index contributed by atoms with van der Waals surface area (Å²) >= 11 is 0. The second-order valence-corrected chi connectivity index (χ2v) is 9.31. The minimum atomic E-state index is -3.78. The monoisotopic (exact) mass is 475 g/mol. The molecule has 2 N–H and O–H groups in total. The topological polar surface area (TPSA) is 92.9 Å². The number of alkyl halides is 2. The number of hydrogen-bond donors (Lipinski definition) is 2. The molecule has 0 radical (unpaired) electrons. The molecule has 3 aliphatic carbocycles. The summed E-state index contributed by atoms with van der Waals surface area (Å²) in [7, 11) is 1.52. The van der Waals surface area contributed by atoms with Crippen molar-refractivity contribution in [3.63, 3.8) is 0 Å². The molecule has 1 aromatic heterocycles. The zero-order valence-electron chi connectivity index (χ0n) is 18.1. The Bertz CT molecular complexity index is 1230. The predicted molar refractivity (Wildman–Crippen MR) is 111 cm³/mol. The highest BCUT2D eigenvalue weighted by atomic mass is 19.3. The summed E-state index contributed by atoms with van der Waals surface area (Å²) in [5.41, 5.74) is -4.52. The van der Waals surface area contributed by atoms with E-state index in [0.717, 1.165) is 28.7 Å². The number of aromatic nitrogens is 4. The standard InChI is InChI=1S/C23H21F4N5O2/c1-28-19(33)14-2-4-15(5-3-14)20-9-21(10-20,11-20)23(26,27)22(34,12-32-13-29-30-31-32)17-7-6-16(24)8-18(17)25/h2-8,13,34H,9-12H2,1H3,(H,28,33)/t20?,21?,22-/m1/s1. The van der Waals surface area contributed by atoms with E-state index in [1.165, 1.54) is 7.05 Å². The molecule has 3 aliphatic rings. The van der Waals surface area contributed by atoms with Gasteiger partial charge in [0, 0.05) is 29.7 Å². The highest BCUT2D eigenvalue weighted by molar-refractivity contribution is 5.94. The van der Waals surface area contributed by atoms with E-state index in [-0.39, 0.29) is 25.2 Å². The Kier molecular flexibility index (Phi) is 4.84. The average Bonchev–Trinajstić information content (AvgIpc) is 3.24. The minimum absolute atomic E-state index is 0.0764. The molecule has 1 amide bonds. The maximum atomic E-state index is 16.2. The first kappa shape index (κ1) is 22.5. The molecular weight excluding hydrogens is 454 g/mol. The lowest BCUT2D eigenvalue weighted by Gasteiger charge is -2.74. The second kappa shape index (κ2) is 7.33. The molecule has 0 unspecified atom stereocenters. The molecule has 6 rings (SSSR count). The second-order valence-electron chi connectivity index (χ2n) is 9.31. The highest BCUT2D eigenvalue weighted by Crippen LogP contribution is 2.80. The van der Waals surface area contributed by atoms with Crippen LogP contribution in [0.25, 0.3) is 0 Å². The van der Waals surface area contributed by atoms with Gasteiger partial charge in [-0.2, -0.15) is 0 Å². The third kappa shape index (κ3) is 2.99. The normalized spacial score (nSPS) is 25.1. The lowest BCUT2D eigenvalue weighted by molar-refractivity contribution is -0.347. The van der Waals surface area contributed by atoms with Gasteiger partial charge in [-0.25, -0.2) is 22.2 Å². The van der Waals surface area contributed by atoms with Gasteiger partial charge in [-0.05, 0) is 64.9 Å². The van der Waals surface area contributed by atoms with Crippen molar-refractivity contribution in [2.45, 2.75) is 42.7 Å². The Morgan fingerprint density at radius 3 is 2.38 bits per heavy atom. The number of benzene rings is 2. The SMILES string of the molecule is CNC(=O)c1ccc(C23CC(C(F)(F)[C@@](O)(Cn4cnnn4)c4ccc(F)cc4F)(C2)C3)cc1. The number of rotatable bonds is 7. The number of hydrogen-bond acceptors (Lipinski definition) is 5. The molecule has 34 heavy (non-hydrogen) atoms. The molecule has 0 spiro atoms. The Morgan fingerprint density at radius 1 is 1.15 bits per heavy atom. The number of amides is 1. The van der Waals surface area contributed by atoms with Crippen LogP contribution in [-0.4, -0.2) is 44.2 Å². The number of nitrogens with one attached hydrogen (secondary N) is 1. The van der Waals surface area contributed by atoms with E-state index in [0.29, 0.717) is 11.6 Å². The first-order valence-electron chi connectivity index (χ1n) is 10.7. The van der Waals surface area contributed by atoms with Crippen molar-refractivity contribution in [1.29, 1.82) is 0 Å². The minimum Gasteiger partial charge on any atom is -0.377 e. The van der Waals surface area contributed by atoms with Crippen molar-refractivity contribution in [3.8, 4) is 0 Å². The summed E-state index contributed by atoms with van der Waals surface area (Å²) in [5, 5.41) is 24.3. The molecule has 7 nitrogen and oxygen atoms in total. The molecule has 0 saturated heterocycles. The van der Waals surface area contributed by atoms with Crippen molar-refractivity contribution in [1.82, 2.24) is 25.5 Å². The van der Waals surface area contributed by atoms with Crippen molar-refractivity contribution in [3.05, 3.63) is 77.1 Å². The molecular formula is C23H21F4N5O2. The first-order valence-corrected chi connectivity index (χ1v) is 10.7. The van der Waals surface area contributed by atoms with Gasteiger partial charge in [0.15, 0.2) is 5.60 Å². The van der Waals surface area contributed by atoms with Gasteiger partial charge in [0.05, 0.1) is 6.54 Å². The highest BCUT2D eigenvalue weighted by Gasteiger charge is 2.82. The van der Waals surface area contributed by atoms with E-state index in [4.69, 9.17) is 0 Å². The fourth-order valence-corrected chi connectivity index (χ4v) is 5.65. The van der Waals surface area contributed by atoms with E-state index in [2.05, 4.69) is 20.8 Å². The molecule has 1 heterocycles. The lowest BCUT2D eigenvalue weighted by atomic mass is 9.30. The van der Waals surface area contributed by atoms with E-state index in [1.54, 1.807) is 24.3 Å². The maximum Gasteiger partial charge on any atom is 0.287 e. The van der Waals surface area contributed by atoms with Gasteiger partial charge in [-0.3, -0.25) is 4.79 Å². The quantitative estimate of drug-likeness (QED) is 0.513. The fraction of sp³-hybridized carbons (Fsp3) is 0.391. The Labute approximate surface area is 191 Å². The smallest absolute Gasteiger partial charge is 0.287 e. The fourth-order valence-electron chi connectivity index (χ4n) is 5.65. The number of tetrazole rings is 1. The number of carbonyl (C=O) groups is 1. The summed E-state index contributed by atoms with van der Waals surface area (Å²) in [4.78, 5) is 11.8. The van der Waals surface area contributed by atoms with Crippen molar-refractivity contribution >= 4 is 5.91 Å². The van der Waals surface area contributed by atoms with Crippen LogP contribution >= 0.6 is 0 Å². The van der Waals surface area contributed by atoms with Crippen LogP contribution in [0.15, 0.2) is 48.8 Å². The van der Waals surface area contributed by atoms with Crippen LogP contribution in [0.5, 0.6) is 0 Å². The maximum absolute atomic E-state index is 16.2. The molecule has 3 aromatic rings. The van der Waals surface area contributed by atoms with Crippen LogP contribution in [0.3, 0.4) is 0 Å². The number of halogens is 4. The summed E-state index contributed by atoms with van der Waals surface area (Å²) in [6.45, 7) is -0.814. The molecule has 178 valence electrons. The van der Waals surface area contributed by atoms with Crippen LogP contribution in [0.2, 0.25) is 0 Å². The molecule has 1 atom stereocenters. The van der Waals surface area contributed by atoms with Gasteiger partial charge in [-0.15, -0.1) is 5.10 Å². The lowest BCUT2D eigenvalue weighted by Crippen LogP contribution is -2.76. The predicted octanol–water partition coefficient (Wildman–Crippen LogP) is 2.96. The van der Waals surface area contributed by atoms with E-state index >= 15 is 8.78 Å². The van der Waals surface area contributed by atoms with Crippen molar-refractivity contribution < 1.29 is 27.5 Å². The third-order valence-electron chi connectivity index (χ3n) is 7.36. The Morgan fingerprint density at radius 2 is 1.82 bits per heavy atom. The Hall–Kier alpha value is -3.34. The largest absolute Gasteiger partial charge is 0.377 e. The average molecular weight is 475 g/mol. The Balaban J connectivity index is 1.46. The van der Waals surface area contributed by atoms with Gasteiger partial charge >= 0.3 is 0 Å². The summed E-state index contributed by atoms with van der Waals surface area (Å²) in [6.07, 6.45) is 1.27. The molecule has 0 aliphatic heterocycles. The van der Waals surface area contributed by atoms with Crippen LogP contribution in [0.1, 0.15) is 40.7 Å². The summed E-state index contributed by atoms with van der Waals surface area (Å²) < 4.78 is 61.4. The van der Waals surface area contributed by atoms with Crippen molar-refractivity contribution in [2.75, 3.05) is 7.05 Å². The number of nitrogens with zero attached hydrogens (tertiary/aromatic N) is 4. The van der Waals surface area contributed by atoms with Gasteiger partial charge in [0.25, 0.3) is 11.8 Å². The summed E-state index contributed by atoms with van der Waals surface area (Å²) in [6, 6.07) is 8.91. The third-order valence-corrected chi connectivity index (χ3v) is 7.36. The molecule has 3 fully saturated rings. The molecule has 3 saturated carbocycles. The van der Waals surface area contributed by atoms with E-state index in [9.17, 15) is 18.7 Å². The number of carbonyl (C=O) groups excluding carboxylic acids is 1. The van der Waals surface area contributed by atoms with E-state index < -0.39 is 46.1 Å². The van der Waals surface area contributed by atoms with Gasteiger partial charge in [0.1, 0.15) is 18.0 Å². The van der Waals surface area contributed by atoms with Gasteiger partial charge in [0.2, 0.25) is 0 Å². The molecule has 2 bridgehead atoms.